The summed E-state index contributed by atoms with van der Waals surface area (Å²) in [6.07, 6.45) is 4.01. The standard InChI is InChI=1S/C6H9BCl2/c7-4-1-5(8)3-6(9)2-4/h1,5-6H,2-3,7H2. The topological polar surface area (TPSA) is 0 Å². The van der Waals surface area contributed by atoms with Crippen LogP contribution in [0.5, 0.6) is 0 Å². The third kappa shape index (κ3) is 2.23. The van der Waals surface area contributed by atoms with Crippen LogP contribution in [0.2, 0.25) is 0 Å². The first kappa shape index (κ1) is 7.49. The van der Waals surface area contributed by atoms with Gasteiger partial charge in [0.15, 0.2) is 0 Å². The van der Waals surface area contributed by atoms with Crippen molar-refractivity contribution < 1.29 is 0 Å². The molecular weight excluding hydrogens is 154 g/mol. The molecule has 0 radical (unpaired) electrons. The molecule has 0 bridgehead atoms. The smallest absolute Gasteiger partial charge is 0.123 e. The molecule has 0 nitrogen and oxygen atoms in total. The SMILES string of the molecule is BC1=CC(Cl)CC(Cl)C1. The van der Waals surface area contributed by atoms with Gasteiger partial charge in [-0.2, -0.15) is 0 Å². The van der Waals surface area contributed by atoms with Crippen LogP contribution >= 0.6 is 23.2 Å². The van der Waals surface area contributed by atoms with Crippen LogP contribution in [0.4, 0.5) is 0 Å². The summed E-state index contributed by atoms with van der Waals surface area (Å²) in [5, 5.41) is 0.429. The maximum Gasteiger partial charge on any atom is 0.133 e. The summed E-state index contributed by atoms with van der Waals surface area (Å²) < 4.78 is 0. The van der Waals surface area contributed by atoms with Gasteiger partial charge in [0.25, 0.3) is 0 Å². The Labute approximate surface area is 66.6 Å². The fourth-order valence-corrected chi connectivity index (χ4v) is 2.08. The minimum atomic E-state index is 0.168. The number of rotatable bonds is 0. The molecule has 9 heavy (non-hydrogen) atoms. The molecule has 50 valence electrons. The van der Waals surface area contributed by atoms with Crippen LogP contribution in [0.1, 0.15) is 12.8 Å². The zero-order valence-corrected chi connectivity index (χ0v) is 6.91. The van der Waals surface area contributed by atoms with Crippen molar-refractivity contribution in [1.82, 2.24) is 0 Å². The van der Waals surface area contributed by atoms with Gasteiger partial charge in [-0.25, -0.2) is 0 Å². The lowest BCUT2D eigenvalue weighted by Crippen LogP contribution is -2.14. The Morgan fingerprint density at radius 1 is 1.56 bits per heavy atom. The van der Waals surface area contributed by atoms with Gasteiger partial charge in [-0.05, 0) is 12.8 Å². The van der Waals surface area contributed by atoms with Crippen molar-refractivity contribution in [3.05, 3.63) is 11.5 Å². The predicted octanol–water partition coefficient (Wildman–Crippen LogP) is 1.51. The highest BCUT2D eigenvalue weighted by atomic mass is 35.5. The Balaban J connectivity index is 2.56. The molecular formula is C6H9BCl2. The molecule has 0 aromatic rings. The van der Waals surface area contributed by atoms with Crippen LogP contribution in [0.3, 0.4) is 0 Å². The maximum atomic E-state index is 5.88. The average Bonchev–Trinajstić information content (AvgIpc) is 1.59. The molecule has 1 aliphatic carbocycles. The highest BCUT2D eigenvalue weighted by Gasteiger charge is 2.15. The van der Waals surface area contributed by atoms with E-state index in [9.17, 15) is 0 Å². The van der Waals surface area contributed by atoms with Crippen molar-refractivity contribution in [3.63, 3.8) is 0 Å². The van der Waals surface area contributed by atoms with Gasteiger partial charge >= 0.3 is 0 Å². The van der Waals surface area contributed by atoms with Crippen molar-refractivity contribution in [1.29, 1.82) is 0 Å². The van der Waals surface area contributed by atoms with Crippen LogP contribution in [-0.4, -0.2) is 18.6 Å². The molecule has 3 heteroatoms. The molecule has 0 spiro atoms. The summed E-state index contributed by atoms with van der Waals surface area (Å²) in [6.45, 7) is 0. The Morgan fingerprint density at radius 2 is 2.22 bits per heavy atom. The summed E-state index contributed by atoms with van der Waals surface area (Å²) in [7, 11) is 2.07. The number of hydrogen-bond donors (Lipinski definition) is 0. The molecule has 0 heterocycles. The lowest BCUT2D eigenvalue weighted by Gasteiger charge is -2.18. The summed E-state index contributed by atoms with van der Waals surface area (Å²) in [4.78, 5) is 0. The summed E-state index contributed by atoms with van der Waals surface area (Å²) >= 11 is 11.7. The van der Waals surface area contributed by atoms with Crippen LogP contribution in [-0.2, 0) is 0 Å². The zero-order valence-electron chi connectivity index (χ0n) is 5.40. The van der Waals surface area contributed by atoms with E-state index in [1.54, 1.807) is 0 Å². The molecule has 0 aliphatic heterocycles. The van der Waals surface area contributed by atoms with Crippen LogP contribution < -0.4 is 0 Å². The van der Waals surface area contributed by atoms with E-state index in [1.807, 2.05) is 0 Å². The first-order valence-corrected chi connectivity index (χ1v) is 4.01. The summed E-state index contributed by atoms with van der Waals surface area (Å²) in [5.41, 5.74) is 1.32. The minimum absolute atomic E-state index is 0.168. The van der Waals surface area contributed by atoms with Crippen LogP contribution in [0.25, 0.3) is 0 Å². The molecule has 0 saturated carbocycles. The highest BCUT2D eigenvalue weighted by molar-refractivity contribution is 6.28. The van der Waals surface area contributed by atoms with Crippen molar-refractivity contribution in [3.8, 4) is 0 Å². The van der Waals surface area contributed by atoms with Crippen LogP contribution in [0.15, 0.2) is 11.5 Å². The van der Waals surface area contributed by atoms with Crippen molar-refractivity contribution in [2.75, 3.05) is 0 Å². The third-order valence-corrected chi connectivity index (χ3v) is 2.13. The van der Waals surface area contributed by atoms with Gasteiger partial charge in [0.05, 0.1) is 5.38 Å². The van der Waals surface area contributed by atoms with Crippen LogP contribution in [0, 0.1) is 0 Å². The fraction of sp³-hybridized carbons (Fsp3) is 0.667. The van der Waals surface area contributed by atoms with Gasteiger partial charge in [-0.15, -0.1) is 28.7 Å². The molecule has 1 aliphatic rings. The Hall–Kier alpha value is 0.385. The van der Waals surface area contributed by atoms with Gasteiger partial charge in [0, 0.05) is 5.38 Å². The monoisotopic (exact) mass is 162 g/mol. The minimum Gasteiger partial charge on any atom is -0.123 e. The van der Waals surface area contributed by atoms with E-state index in [2.05, 4.69) is 13.9 Å². The van der Waals surface area contributed by atoms with Gasteiger partial charge in [-0.1, -0.05) is 6.08 Å². The van der Waals surface area contributed by atoms with Gasteiger partial charge in [0.2, 0.25) is 0 Å². The van der Waals surface area contributed by atoms with E-state index in [-0.39, 0.29) is 10.8 Å². The second kappa shape index (κ2) is 2.98. The molecule has 0 fully saturated rings. The molecule has 1 rings (SSSR count). The van der Waals surface area contributed by atoms with E-state index in [0.29, 0.717) is 0 Å². The van der Waals surface area contributed by atoms with Gasteiger partial charge in [-0.3, -0.25) is 0 Å². The van der Waals surface area contributed by atoms with E-state index in [0.717, 1.165) is 12.8 Å². The maximum absolute atomic E-state index is 5.88. The largest absolute Gasteiger partial charge is 0.133 e. The van der Waals surface area contributed by atoms with Gasteiger partial charge < -0.3 is 0 Å². The lowest BCUT2D eigenvalue weighted by molar-refractivity contribution is 0.736. The van der Waals surface area contributed by atoms with E-state index < -0.39 is 0 Å². The van der Waals surface area contributed by atoms with E-state index in [1.165, 1.54) is 5.47 Å². The molecule has 2 unspecified atom stereocenters. The van der Waals surface area contributed by atoms with Crippen molar-refractivity contribution in [2.24, 2.45) is 0 Å². The second-order valence-electron chi connectivity index (χ2n) is 2.57. The first-order chi connectivity index (χ1) is 4.18. The fourth-order valence-electron chi connectivity index (χ4n) is 1.12. The highest BCUT2D eigenvalue weighted by Crippen LogP contribution is 2.24. The first-order valence-electron chi connectivity index (χ1n) is 3.14. The predicted molar refractivity (Wildman–Crippen MR) is 45.1 cm³/mol. The zero-order chi connectivity index (χ0) is 6.85. The Kier molecular flexibility index (Phi) is 2.48. The molecule has 0 saturated heterocycles. The van der Waals surface area contributed by atoms with Crippen molar-refractivity contribution >= 4 is 31.0 Å². The van der Waals surface area contributed by atoms with Gasteiger partial charge in [0.1, 0.15) is 7.85 Å². The molecule has 0 aromatic heterocycles. The van der Waals surface area contributed by atoms with Crippen molar-refractivity contribution in [2.45, 2.75) is 23.6 Å². The normalized spacial score (nSPS) is 36.0. The Bertz CT molecular complexity index is 133. The molecule has 0 aromatic carbocycles. The van der Waals surface area contributed by atoms with E-state index >= 15 is 0 Å². The molecule has 2 atom stereocenters. The second-order valence-corrected chi connectivity index (χ2v) is 3.74. The number of halogens is 2. The molecule has 0 amide bonds. The number of alkyl halides is 2. The number of hydrogen-bond acceptors (Lipinski definition) is 0. The molecule has 0 N–H and O–H groups in total. The summed E-state index contributed by atoms with van der Waals surface area (Å²) in [6, 6.07) is 0. The number of allylic oxidation sites excluding steroid dienone is 2. The summed E-state index contributed by atoms with van der Waals surface area (Å²) in [5.74, 6) is 0. The third-order valence-electron chi connectivity index (χ3n) is 1.49. The lowest BCUT2D eigenvalue weighted by atomic mass is 9.85. The van der Waals surface area contributed by atoms with E-state index in [4.69, 9.17) is 23.2 Å². The quantitative estimate of drug-likeness (QED) is 0.375. The average molecular weight is 163 g/mol. The Morgan fingerprint density at radius 3 is 2.67 bits per heavy atom.